The molecule has 3 aromatic carbocycles. The Bertz CT molecular complexity index is 1830. The summed E-state index contributed by atoms with van der Waals surface area (Å²) in [6, 6.07) is 15.2. The second-order valence-corrected chi connectivity index (χ2v) is 11.3. The van der Waals surface area contributed by atoms with Gasteiger partial charge in [0.1, 0.15) is 22.1 Å². The second-order valence-electron chi connectivity index (χ2n) is 8.82. The van der Waals surface area contributed by atoms with Gasteiger partial charge in [-0.05, 0) is 43.3 Å². The molecule has 4 rings (SSSR count). The minimum absolute atomic E-state index is 0.118. The highest BCUT2D eigenvalue weighted by Crippen LogP contribution is 2.32. The normalized spacial score (nSPS) is 11.1. The SMILES string of the molecule is COc1cc(OC)cc(C(=O)NNC(=O)c2cc(Cl)c(Cl)c(S(=O)(=O)Nc3c(C)n(C)n(-c4ccccc4)c3=O)c2)c1. The molecular weight excluding hydrogens is 609 g/mol. The average molecular weight is 634 g/mol. The molecule has 3 N–H and O–H groups in total. The first kappa shape index (κ1) is 30.5. The van der Waals surface area contributed by atoms with Gasteiger partial charge < -0.3 is 9.47 Å². The van der Waals surface area contributed by atoms with E-state index in [1.54, 1.807) is 50.4 Å². The number of carbonyl (C=O) groups is 2. The Labute approximate surface area is 250 Å². The number of hydrogen-bond acceptors (Lipinski definition) is 7. The topological polar surface area (TPSA) is 150 Å². The molecule has 0 fully saturated rings. The van der Waals surface area contributed by atoms with Crippen molar-refractivity contribution in [2.75, 3.05) is 18.9 Å². The van der Waals surface area contributed by atoms with Gasteiger partial charge >= 0.3 is 0 Å². The molecule has 0 atom stereocenters. The van der Waals surface area contributed by atoms with E-state index in [0.717, 1.165) is 12.1 Å². The maximum absolute atomic E-state index is 13.4. The summed E-state index contributed by atoms with van der Waals surface area (Å²) in [4.78, 5) is 38.2. The van der Waals surface area contributed by atoms with Crippen LogP contribution in [0.4, 0.5) is 5.69 Å². The third kappa shape index (κ3) is 6.08. The summed E-state index contributed by atoms with van der Waals surface area (Å²) in [6.45, 7) is 1.57. The van der Waals surface area contributed by atoms with Crippen molar-refractivity contribution in [2.45, 2.75) is 11.8 Å². The first-order valence-corrected chi connectivity index (χ1v) is 14.3. The smallest absolute Gasteiger partial charge is 0.296 e. The Kier molecular flexibility index (Phi) is 8.85. The van der Waals surface area contributed by atoms with Crippen molar-refractivity contribution in [3.63, 3.8) is 0 Å². The number of halogens is 2. The summed E-state index contributed by atoms with van der Waals surface area (Å²) in [6.07, 6.45) is 0. The number of methoxy groups -OCH3 is 2. The number of aromatic nitrogens is 2. The Hall–Kier alpha value is -4.46. The summed E-state index contributed by atoms with van der Waals surface area (Å²) in [5, 5.41) is -0.620. The fourth-order valence-corrected chi connectivity index (χ4v) is 5.89. The second kappa shape index (κ2) is 12.2. The molecule has 0 saturated carbocycles. The van der Waals surface area contributed by atoms with Gasteiger partial charge in [-0.15, -0.1) is 0 Å². The number of carbonyl (C=O) groups excluding carboxylic acids is 2. The molecule has 0 aliphatic carbocycles. The van der Waals surface area contributed by atoms with E-state index in [2.05, 4.69) is 15.6 Å². The summed E-state index contributed by atoms with van der Waals surface area (Å²) >= 11 is 12.4. The van der Waals surface area contributed by atoms with Crippen LogP contribution in [0.1, 0.15) is 26.4 Å². The number of rotatable bonds is 8. The number of nitrogens with zero attached hydrogens (tertiary/aromatic N) is 2. The maximum atomic E-state index is 13.4. The van der Waals surface area contributed by atoms with Crippen molar-refractivity contribution in [3.05, 3.63) is 97.9 Å². The highest BCUT2D eigenvalue weighted by molar-refractivity contribution is 7.92. The molecule has 1 heterocycles. The molecule has 0 aliphatic heterocycles. The van der Waals surface area contributed by atoms with Crippen molar-refractivity contribution in [3.8, 4) is 17.2 Å². The van der Waals surface area contributed by atoms with Crippen molar-refractivity contribution in [1.29, 1.82) is 0 Å². The molecule has 0 aliphatic rings. The van der Waals surface area contributed by atoms with Gasteiger partial charge in [-0.2, -0.15) is 0 Å². The van der Waals surface area contributed by atoms with E-state index in [0.29, 0.717) is 22.9 Å². The Morgan fingerprint density at radius 2 is 1.40 bits per heavy atom. The molecule has 0 radical (unpaired) electrons. The van der Waals surface area contributed by atoms with Crippen molar-refractivity contribution >= 4 is 50.7 Å². The molecule has 220 valence electrons. The fourth-order valence-electron chi connectivity index (χ4n) is 3.96. The molecular formula is C27H25Cl2N5O7S. The molecule has 42 heavy (non-hydrogen) atoms. The van der Waals surface area contributed by atoms with Crippen molar-refractivity contribution < 1.29 is 27.5 Å². The number of nitrogens with one attached hydrogen (secondary N) is 3. The lowest BCUT2D eigenvalue weighted by Crippen LogP contribution is -2.41. The highest BCUT2D eigenvalue weighted by atomic mass is 35.5. The molecule has 0 unspecified atom stereocenters. The van der Waals surface area contributed by atoms with Gasteiger partial charge in [0.2, 0.25) is 0 Å². The Morgan fingerprint density at radius 1 is 0.857 bits per heavy atom. The third-order valence-electron chi connectivity index (χ3n) is 6.24. The predicted octanol–water partition coefficient (Wildman–Crippen LogP) is 3.68. The number of anilines is 1. The predicted molar refractivity (Wildman–Crippen MR) is 157 cm³/mol. The molecule has 1 aromatic heterocycles. The summed E-state index contributed by atoms with van der Waals surface area (Å²) in [5.74, 6) is -0.899. The van der Waals surface area contributed by atoms with E-state index in [1.807, 2.05) is 0 Å². The lowest BCUT2D eigenvalue weighted by Gasteiger charge is -2.13. The average Bonchev–Trinajstić information content (AvgIpc) is 3.19. The highest BCUT2D eigenvalue weighted by Gasteiger charge is 2.27. The summed E-state index contributed by atoms with van der Waals surface area (Å²) in [5.41, 5.74) is 4.31. The minimum Gasteiger partial charge on any atom is -0.497 e. The van der Waals surface area contributed by atoms with E-state index in [-0.39, 0.29) is 26.9 Å². The van der Waals surface area contributed by atoms with Crippen LogP contribution in [-0.2, 0) is 17.1 Å². The van der Waals surface area contributed by atoms with Crippen LogP contribution in [-0.4, -0.2) is 43.8 Å². The van der Waals surface area contributed by atoms with Gasteiger partial charge in [0.05, 0.1) is 35.6 Å². The molecule has 4 aromatic rings. The summed E-state index contributed by atoms with van der Waals surface area (Å²) in [7, 11) is -0.0922. The third-order valence-corrected chi connectivity index (χ3v) is 8.53. The van der Waals surface area contributed by atoms with Crippen molar-refractivity contribution in [2.24, 2.45) is 7.05 Å². The number of sulfonamides is 1. The molecule has 12 nitrogen and oxygen atoms in total. The zero-order chi connectivity index (χ0) is 30.8. The van der Waals surface area contributed by atoms with Crippen LogP contribution in [0.5, 0.6) is 11.5 Å². The van der Waals surface area contributed by atoms with E-state index in [9.17, 15) is 22.8 Å². The molecule has 0 bridgehead atoms. The van der Waals surface area contributed by atoms with Crippen LogP contribution in [0.3, 0.4) is 0 Å². The minimum atomic E-state index is -4.53. The lowest BCUT2D eigenvalue weighted by molar-refractivity contribution is 0.0846. The van der Waals surface area contributed by atoms with Gasteiger partial charge in [-0.1, -0.05) is 41.4 Å². The van der Waals surface area contributed by atoms with E-state index in [1.165, 1.54) is 35.7 Å². The van der Waals surface area contributed by atoms with Crippen LogP contribution >= 0.6 is 23.2 Å². The monoisotopic (exact) mass is 633 g/mol. The van der Waals surface area contributed by atoms with Crippen LogP contribution in [0.15, 0.2) is 70.4 Å². The number of hydrogen-bond donors (Lipinski definition) is 3. The van der Waals surface area contributed by atoms with Crippen molar-refractivity contribution in [1.82, 2.24) is 20.2 Å². The quantitative estimate of drug-likeness (QED) is 0.250. The number of ether oxygens (including phenoxy) is 2. The van der Waals surface area contributed by atoms with Gasteiger partial charge in [0, 0.05) is 24.2 Å². The number of para-hydroxylation sites is 1. The Morgan fingerprint density at radius 3 is 1.95 bits per heavy atom. The van der Waals surface area contributed by atoms with Gasteiger partial charge in [-0.25, -0.2) is 13.1 Å². The van der Waals surface area contributed by atoms with Crippen LogP contribution in [0.25, 0.3) is 5.69 Å². The summed E-state index contributed by atoms with van der Waals surface area (Å²) < 4.78 is 42.2. The van der Waals surface area contributed by atoms with Gasteiger partial charge in [0.25, 0.3) is 27.4 Å². The van der Waals surface area contributed by atoms with Gasteiger partial charge in [-0.3, -0.25) is 34.6 Å². The molecule has 0 saturated heterocycles. The van der Waals surface area contributed by atoms with Crippen LogP contribution < -0.4 is 30.6 Å². The largest absolute Gasteiger partial charge is 0.497 e. The first-order chi connectivity index (χ1) is 19.9. The molecule has 15 heteroatoms. The maximum Gasteiger partial charge on any atom is 0.296 e. The number of hydrazine groups is 1. The number of benzene rings is 3. The lowest BCUT2D eigenvalue weighted by atomic mass is 10.2. The fraction of sp³-hybridized carbons (Fsp3) is 0.148. The molecule has 0 spiro atoms. The Balaban J connectivity index is 1.61. The van der Waals surface area contributed by atoms with E-state index < -0.39 is 32.3 Å². The van der Waals surface area contributed by atoms with Crippen LogP contribution in [0, 0.1) is 6.92 Å². The van der Waals surface area contributed by atoms with E-state index in [4.69, 9.17) is 32.7 Å². The zero-order valence-corrected chi connectivity index (χ0v) is 25.0. The first-order valence-electron chi connectivity index (χ1n) is 12.1. The van der Waals surface area contributed by atoms with Crippen LogP contribution in [0.2, 0.25) is 10.0 Å². The van der Waals surface area contributed by atoms with Gasteiger partial charge in [0.15, 0.2) is 0 Å². The zero-order valence-electron chi connectivity index (χ0n) is 22.7. The van der Waals surface area contributed by atoms with E-state index >= 15 is 0 Å². The molecule has 2 amide bonds. The standard InChI is InChI=1S/C27H25Cl2N5O7S/c1-15-24(27(37)34(33(15)2)18-8-6-5-7-9-18)32-42(38,39)22-13-17(12-21(28)23(22)29)26(36)31-30-25(35)16-10-19(40-3)14-20(11-16)41-4/h5-14,32H,1-4H3,(H,30,35)(H,31,36). The number of amides is 2.